The molecular weight excluding hydrogens is 284 g/mol. The molecule has 1 atom stereocenters. The Morgan fingerprint density at radius 1 is 1.37 bits per heavy atom. The van der Waals surface area contributed by atoms with Gasteiger partial charge in [0.2, 0.25) is 10.0 Å². The van der Waals surface area contributed by atoms with Crippen LogP contribution in [0.5, 0.6) is 0 Å². The van der Waals surface area contributed by atoms with Crippen LogP contribution in [0.25, 0.3) is 0 Å². The van der Waals surface area contributed by atoms with Crippen LogP contribution in [0, 0.1) is 5.92 Å². The monoisotopic (exact) mass is 304 g/mol. The topological polar surface area (TPSA) is 50.3 Å². The predicted molar refractivity (Wildman–Crippen MR) is 78.6 cm³/mol. The van der Waals surface area contributed by atoms with Crippen molar-refractivity contribution in [3.8, 4) is 0 Å². The molecule has 1 heterocycles. The maximum Gasteiger partial charge on any atom is 0.214 e. The standard InChI is InChI=1S/C13H21ClN2O2S/c1-11(2)16(9-13-5-4-6-15-8-13)19(17,18)10-12(3)7-14/h4-6,8,11-12H,7,9-10H2,1-3H3. The van der Waals surface area contributed by atoms with E-state index in [0.717, 1.165) is 5.56 Å². The van der Waals surface area contributed by atoms with Crippen LogP contribution in [-0.4, -0.2) is 35.4 Å². The third kappa shape index (κ3) is 5.09. The van der Waals surface area contributed by atoms with Crippen molar-refractivity contribution in [3.63, 3.8) is 0 Å². The lowest BCUT2D eigenvalue weighted by atomic mass is 10.2. The first-order chi connectivity index (χ1) is 8.86. The predicted octanol–water partition coefficient (Wildman–Crippen LogP) is 2.50. The molecule has 0 aliphatic carbocycles. The average molecular weight is 305 g/mol. The molecule has 0 fully saturated rings. The fourth-order valence-corrected chi connectivity index (χ4v) is 4.03. The third-order valence-corrected chi connectivity index (χ3v) is 5.54. The summed E-state index contributed by atoms with van der Waals surface area (Å²) >= 11 is 5.71. The van der Waals surface area contributed by atoms with E-state index < -0.39 is 10.0 Å². The van der Waals surface area contributed by atoms with Crippen LogP contribution in [-0.2, 0) is 16.6 Å². The van der Waals surface area contributed by atoms with Gasteiger partial charge in [0, 0.05) is 30.9 Å². The summed E-state index contributed by atoms with van der Waals surface area (Å²) in [5.41, 5.74) is 0.887. The summed E-state index contributed by atoms with van der Waals surface area (Å²) < 4.78 is 26.3. The fourth-order valence-electron chi connectivity index (χ4n) is 1.77. The Balaban J connectivity index is 2.89. The number of hydrogen-bond acceptors (Lipinski definition) is 3. The first-order valence-electron chi connectivity index (χ1n) is 6.31. The van der Waals surface area contributed by atoms with Gasteiger partial charge in [-0.15, -0.1) is 11.6 Å². The number of pyridine rings is 1. The number of sulfonamides is 1. The largest absolute Gasteiger partial charge is 0.264 e. The third-order valence-electron chi connectivity index (χ3n) is 2.75. The van der Waals surface area contributed by atoms with E-state index in [1.165, 1.54) is 4.31 Å². The molecule has 6 heteroatoms. The highest BCUT2D eigenvalue weighted by molar-refractivity contribution is 7.89. The van der Waals surface area contributed by atoms with E-state index in [-0.39, 0.29) is 17.7 Å². The molecule has 0 saturated heterocycles. The van der Waals surface area contributed by atoms with Crippen molar-refractivity contribution < 1.29 is 8.42 Å². The molecule has 0 bridgehead atoms. The molecule has 0 N–H and O–H groups in total. The summed E-state index contributed by atoms with van der Waals surface area (Å²) in [6, 6.07) is 3.60. The zero-order chi connectivity index (χ0) is 14.5. The van der Waals surface area contributed by atoms with Gasteiger partial charge in [-0.3, -0.25) is 4.98 Å². The zero-order valence-electron chi connectivity index (χ0n) is 11.6. The van der Waals surface area contributed by atoms with Gasteiger partial charge in [0.15, 0.2) is 0 Å². The maximum atomic E-state index is 12.4. The Morgan fingerprint density at radius 2 is 2.05 bits per heavy atom. The van der Waals surface area contributed by atoms with Crippen LogP contribution in [0.3, 0.4) is 0 Å². The highest BCUT2D eigenvalue weighted by Crippen LogP contribution is 2.16. The van der Waals surface area contributed by atoms with Crippen LogP contribution in [0.4, 0.5) is 0 Å². The SMILES string of the molecule is CC(CCl)CS(=O)(=O)N(Cc1cccnc1)C(C)C. The zero-order valence-corrected chi connectivity index (χ0v) is 13.2. The van der Waals surface area contributed by atoms with E-state index in [9.17, 15) is 8.42 Å². The lowest BCUT2D eigenvalue weighted by Crippen LogP contribution is -2.39. The molecule has 19 heavy (non-hydrogen) atoms. The van der Waals surface area contributed by atoms with Gasteiger partial charge in [-0.1, -0.05) is 13.0 Å². The van der Waals surface area contributed by atoms with Gasteiger partial charge in [0.25, 0.3) is 0 Å². The molecule has 0 spiro atoms. The Bertz CT molecular complexity index is 477. The Hall–Kier alpha value is -0.650. The molecule has 0 aromatic carbocycles. The van der Waals surface area contributed by atoms with Gasteiger partial charge < -0.3 is 0 Å². The van der Waals surface area contributed by atoms with Crippen LogP contribution >= 0.6 is 11.6 Å². The van der Waals surface area contributed by atoms with E-state index in [1.54, 1.807) is 12.4 Å². The van der Waals surface area contributed by atoms with Crippen molar-refractivity contribution >= 4 is 21.6 Å². The minimum Gasteiger partial charge on any atom is -0.264 e. The molecule has 4 nitrogen and oxygen atoms in total. The van der Waals surface area contributed by atoms with E-state index >= 15 is 0 Å². The molecule has 1 aromatic rings. The van der Waals surface area contributed by atoms with E-state index in [0.29, 0.717) is 12.4 Å². The number of rotatable bonds is 7. The van der Waals surface area contributed by atoms with Gasteiger partial charge in [-0.05, 0) is 31.4 Å². The van der Waals surface area contributed by atoms with Gasteiger partial charge in [-0.25, -0.2) is 8.42 Å². The van der Waals surface area contributed by atoms with Crippen molar-refractivity contribution in [2.45, 2.75) is 33.4 Å². The second-order valence-corrected chi connectivity index (χ2v) is 7.31. The van der Waals surface area contributed by atoms with Crippen molar-refractivity contribution in [3.05, 3.63) is 30.1 Å². The van der Waals surface area contributed by atoms with Gasteiger partial charge >= 0.3 is 0 Å². The number of alkyl halides is 1. The summed E-state index contributed by atoms with van der Waals surface area (Å²) in [6.07, 6.45) is 3.36. The minimum atomic E-state index is -3.31. The van der Waals surface area contributed by atoms with Crippen molar-refractivity contribution in [1.29, 1.82) is 0 Å². The second-order valence-electron chi connectivity index (χ2n) is 5.04. The Morgan fingerprint density at radius 3 is 2.53 bits per heavy atom. The molecule has 0 radical (unpaired) electrons. The van der Waals surface area contributed by atoms with Crippen molar-refractivity contribution in [1.82, 2.24) is 9.29 Å². The van der Waals surface area contributed by atoms with Gasteiger partial charge in [0.05, 0.1) is 5.75 Å². The van der Waals surface area contributed by atoms with Crippen molar-refractivity contribution in [2.75, 3.05) is 11.6 Å². The summed E-state index contributed by atoms with van der Waals surface area (Å²) in [6.45, 7) is 5.94. The number of nitrogens with zero attached hydrogens (tertiary/aromatic N) is 2. The normalized spacial score (nSPS) is 14.0. The number of halogens is 1. The van der Waals surface area contributed by atoms with Crippen LogP contribution < -0.4 is 0 Å². The van der Waals surface area contributed by atoms with E-state index in [4.69, 9.17) is 11.6 Å². The smallest absolute Gasteiger partial charge is 0.214 e. The molecule has 0 aliphatic heterocycles. The summed E-state index contributed by atoms with van der Waals surface area (Å²) in [7, 11) is -3.31. The molecule has 0 amide bonds. The van der Waals surface area contributed by atoms with E-state index in [2.05, 4.69) is 4.98 Å². The number of aromatic nitrogens is 1. The van der Waals surface area contributed by atoms with Crippen LogP contribution in [0.1, 0.15) is 26.3 Å². The minimum absolute atomic E-state index is 0.0539. The molecule has 1 unspecified atom stereocenters. The lowest BCUT2D eigenvalue weighted by molar-refractivity contribution is 0.345. The highest BCUT2D eigenvalue weighted by atomic mass is 35.5. The van der Waals surface area contributed by atoms with Crippen LogP contribution in [0.15, 0.2) is 24.5 Å². The first-order valence-corrected chi connectivity index (χ1v) is 8.45. The average Bonchev–Trinajstić information content (AvgIpc) is 2.36. The molecular formula is C13H21ClN2O2S. The maximum absolute atomic E-state index is 12.4. The second kappa shape index (κ2) is 7.22. The van der Waals surface area contributed by atoms with Crippen molar-refractivity contribution in [2.24, 2.45) is 5.92 Å². The first kappa shape index (κ1) is 16.4. The molecule has 0 saturated carbocycles. The molecule has 1 rings (SSSR count). The van der Waals surface area contributed by atoms with Gasteiger partial charge in [0.1, 0.15) is 0 Å². The quantitative estimate of drug-likeness (QED) is 0.727. The Labute approximate surface area is 120 Å². The number of hydrogen-bond donors (Lipinski definition) is 0. The van der Waals surface area contributed by atoms with Gasteiger partial charge in [-0.2, -0.15) is 4.31 Å². The fraction of sp³-hybridized carbons (Fsp3) is 0.615. The summed E-state index contributed by atoms with van der Waals surface area (Å²) in [5, 5.41) is 0. The van der Waals surface area contributed by atoms with Crippen LogP contribution in [0.2, 0.25) is 0 Å². The highest BCUT2D eigenvalue weighted by Gasteiger charge is 2.26. The molecule has 1 aromatic heterocycles. The van der Waals surface area contributed by atoms with E-state index in [1.807, 2.05) is 32.9 Å². The lowest BCUT2D eigenvalue weighted by Gasteiger charge is -2.27. The molecule has 0 aliphatic rings. The molecule has 108 valence electrons. The summed E-state index contributed by atoms with van der Waals surface area (Å²) in [4.78, 5) is 4.01. The Kier molecular flexibility index (Phi) is 6.23. The summed E-state index contributed by atoms with van der Waals surface area (Å²) in [5.74, 6) is 0.370.